The van der Waals surface area contributed by atoms with E-state index in [1.165, 1.54) is 42.5 Å². The Balaban J connectivity index is 1.45. The number of hydrogen-bond donors (Lipinski definition) is 1. The van der Waals surface area contributed by atoms with Crippen molar-refractivity contribution < 1.29 is 32.5 Å². The third kappa shape index (κ3) is 5.57. The molecular formula is C28H25F3O4. The number of benzene rings is 3. The number of esters is 1. The van der Waals surface area contributed by atoms with Crippen LogP contribution in [0.15, 0.2) is 67.3 Å². The Morgan fingerprint density at radius 3 is 2.23 bits per heavy atom. The molecule has 0 aromatic heterocycles. The normalized spacial score (nSPS) is 17.6. The molecule has 0 heterocycles. The van der Waals surface area contributed by atoms with Crippen molar-refractivity contribution in [2.45, 2.75) is 37.7 Å². The van der Waals surface area contributed by atoms with E-state index in [0.29, 0.717) is 36.8 Å². The Hall–Kier alpha value is -3.58. The maximum Gasteiger partial charge on any atom is 0.343 e. The molecule has 1 saturated carbocycles. The number of halogens is 3. The van der Waals surface area contributed by atoms with E-state index in [2.05, 4.69) is 6.58 Å². The van der Waals surface area contributed by atoms with Crippen LogP contribution in [0.25, 0.3) is 11.1 Å². The van der Waals surface area contributed by atoms with Crippen LogP contribution in [0.2, 0.25) is 0 Å². The average molecular weight is 482 g/mol. The maximum atomic E-state index is 14.7. The Morgan fingerprint density at radius 2 is 1.57 bits per heavy atom. The molecule has 1 aliphatic rings. The first kappa shape index (κ1) is 24.5. The number of carbonyl (C=O) groups excluding carboxylic acids is 1. The molecule has 0 atom stereocenters. The number of carbonyl (C=O) groups is 1. The summed E-state index contributed by atoms with van der Waals surface area (Å²) < 4.78 is 53.9. The number of aliphatic hydroxyl groups excluding tert-OH is 1. The molecule has 0 unspecified atom stereocenters. The predicted molar refractivity (Wildman–Crippen MR) is 126 cm³/mol. The van der Waals surface area contributed by atoms with E-state index in [1.54, 1.807) is 18.2 Å². The lowest BCUT2D eigenvalue weighted by Gasteiger charge is -2.26. The lowest BCUT2D eigenvalue weighted by atomic mass is 9.82. The highest BCUT2D eigenvalue weighted by atomic mass is 19.2. The highest BCUT2D eigenvalue weighted by Crippen LogP contribution is 2.36. The van der Waals surface area contributed by atoms with Gasteiger partial charge in [-0.05, 0) is 78.6 Å². The van der Waals surface area contributed by atoms with E-state index in [1.807, 2.05) is 0 Å². The molecule has 0 radical (unpaired) electrons. The Kier molecular flexibility index (Phi) is 7.56. The van der Waals surface area contributed by atoms with Gasteiger partial charge in [-0.15, -0.1) is 0 Å². The molecule has 1 N–H and O–H groups in total. The van der Waals surface area contributed by atoms with Gasteiger partial charge in [0.15, 0.2) is 23.1 Å². The van der Waals surface area contributed by atoms with Crippen LogP contribution in [0.4, 0.5) is 13.2 Å². The average Bonchev–Trinajstić information content (AvgIpc) is 2.87. The summed E-state index contributed by atoms with van der Waals surface area (Å²) in [6, 6.07) is 13.3. The fraction of sp³-hybridized carbons (Fsp3) is 0.250. The SMILES string of the molecule is C=CCOc1ccc(-c2ccc(C(=O)Oc3ccc(C4CCC(O)CC4)c(F)c3F)cc2)cc1F. The zero-order chi connectivity index (χ0) is 24.9. The molecule has 35 heavy (non-hydrogen) atoms. The van der Waals surface area contributed by atoms with Crippen molar-refractivity contribution >= 4 is 5.97 Å². The highest BCUT2D eigenvalue weighted by molar-refractivity contribution is 5.91. The molecule has 1 aliphatic carbocycles. The Bertz CT molecular complexity index is 1220. The molecule has 0 amide bonds. The molecular weight excluding hydrogens is 457 g/mol. The monoisotopic (exact) mass is 482 g/mol. The summed E-state index contributed by atoms with van der Waals surface area (Å²) in [5.74, 6) is -4.19. The van der Waals surface area contributed by atoms with E-state index < -0.39 is 35.3 Å². The van der Waals surface area contributed by atoms with Crippen LogP contribution in [-0.2, 0) is 0 Å². The van der Waals surface area contributed by atoms with Gasteiger partial charge in [0.2, 0.25) is 5.82 Å². The summed E-state index contributed by atoms with van der Waals surface area (Å²) in [5.41, 5.74) is 1.58. The van der Waals surface area contributed by atoms with Crippen molar-refractivity contribution in [2.24, 2.45) is 0 Å². The Morgan fingerprint density at radius 1 is 0.914 bits per heavy atom. The van der Waals surface area contributed by atoms with Gasteiger partial charge < -0.3 is 14.6 Å². The summed E-state index contributed by atoms with van der Waals surface area (Å²) in [6.07, 6.45) is 3.33. The summed E-state index contributed by atoms with van der Waals surface area (Å²) in [4.78, 5) is 12.5. The van der Waals surface area contributed by atoms with E-state index in [-0.39, 0.29) is 29.4 Å². The number of ether oxygens (including phenoxy) is 2. The zero-order valence-corrected chi connectivity index (χ0v) is 19.0. The van der Waals surface area contributed by atoms with E-state index in [4.69, 9.17) is 9.47 Å². The van der Waals surface area contributed by atoms with Gasteiger partial charge in [0.05, 0.1) is 11.7 Å². The van der Waals surface area contributed by atoms with Crippen LogP contribution < -0.4 is 9.47 Å². The lowest BCUT2D eigenvalue weighted by Crippen LogP contribution is -2.18. The summed E-state index contributed by atoms with van der Waals surface area (Å²) in [7, 11) is 0. The minimum absolute atomic E-state index is 0.107. The minimum Gasteiger partial charge on any atom is -0.486 e. The van der Waals surface area contributed by atoms with Gasteiger partial charge in [0.1, 0.15) is 6.61 Å². The molecule has 0 saturated heterocycles. The third-order valence-electron chi connectivity index (χ3n) is 6.16. The largest absolute Gasteiger partial charge is 0.486 e. The molecule has 0 spiro atoms. The second kappa shape index (κ2) is 10.8. The summed E-state index contributed by atoms with van der Waals surface area (Å²) in [6.45, 7) is 3.71. The first-order chi connectivity index (χ1) is 16.9. The number of rotatable bonds is 7. The van der Waals surface area contributed by atoms with Crippen LogP contribution in [0, 0.1) is 17.5 Å². The van der Waals surface area contributed by atoms with Crippen LogP contribution in [0.5, 0.6) is 11.5 Å². The fourth-order valence-corrected chi connectivity index (χ4v) is 4.23. The van der Waals surface area contributed by atoms with Gasteiger partial charge >= 0.3 is 5.97 Å². The van der Waals surface area contributed by atoms with Crippen LogP contribution in [0.1, 0.15) is 47.5 Å². The van der Waals surface area contributed by atoms with Crippen molar-refractivity contribution in [1.82, 2.24) is 0 Å². The lowest BCUT2D eigenvalue weighted by molar-refractivity contribution is 0.0726. The minimum atomic E-state index is -1.21. The van der Waals surface area contributed by atoms with E-state index in [9.17, 15) is 23.1 Å². The predicted octanol–water partition coefficient (Wildman–Crippen LogP) is 6.57. The van der Waals surface area contributed by atoms with E-state index >= 15 is 0 Å². The summed E-state index contributed by atoms with van der Waals surface area (Å²) in [5, 5.41) is 9.63. The molecule has 3 aromatic rings. The molecule has 4 rings (SSSR count). The van der Waals surface area contributed by atoms with Gasteiger partial charge in [-0.1, -0.05) is 36.9 Å². The van der Waals surface area contributed by atoms with Gasteiger partial charge in [-0.3, -0.25) is 0 Å². The van der Waals surface area contributed by atoms with Gasteiger partial charge in [-0.25, -0.2) is 13.6 Å². The van der Waals surface area contributed by atoms with Gasteiger partial charge in [-0.2, -0.15) is 4.39 Å². The quantitative estimate of drug-likeness (QED) is 0.235. The molecule has 1 fully saturated rings. The molecule has 182 valence electrons. The maximum absolute atomic E-state index is 14.7. The van der Waals surface area contributed by atoms with Crippen molar-refractivity contribution in [3.05, 3.63) is 95.8 Å². The van der Waals surface area contributed by atoms with Crippen molar-refractivity contribution in [2.75, 3.05) is 6.61 Å². The fourth-order valence-electron chi connectivity index (χ4n) is 4.23. The zero-order valence-electron chi connectivity index (χ0n) is 19.0. The first-order valence-electron chi connectivity index (χ1n) is 11.4. The molecule has 0 aliphatic heterocycles. The van der Waals surface area contributed by atoms with E-state index in [0.717, 1.165) is 0 Å². The standard InChI is InChI=1S/C28H25F3O4/c1-2-15-34-24-13-9-20(16-23(24)29)17-3-5-19(6-4-17)28(33)35-25-14-12-22(26(30)27(25)31)18-7-10-21(32)11-8-18/h2-6,9,12-14,16,18,21,32H,1,7-8,10-11,15H2. The smallest absolute Gasteiger partial charge is 0.343 e. The van der Waals surface area contributed by atoms with Crippen LogP contribution >= 0.6 is 0 Å². The molecule has 4 nitrogen and oxygen atoms in total. The second-order valence-electron chi connectivity index (χ2n) is 8.50. The molecule has 0 bridgehead atoms. The molecule has 3 aromatic carbocycles. The van der Waals surface area contributed by atoms with Crippen molar-refractivity contribution in [3.63, 3.8) is 0 Å². The van der Waals surface area contributed by atoms with Gasteiger partial charge in [0.25, 0.3) is 0 Å². The number of aliphatic hydroxyl groups is 1. The van der Waals surface area contributed by atoms with Crippen LogP contribution in [0.3, 0.4) is 0 Å². The second-order valence-corrected chi connectivity index (χ2v) is 8.50. The first-order valence-corrected chi connectivity index (χ1v) is 11.4. The Labute approximate surface area is 201 Å². The van der Waals surface area contributed by atoms with Gasteiger partial charge in [0, 0.05) is 0 Å². The third-order valence-corrected chi connectivity index (χ3v) is 6.16. The molecule has 7 heteroatoms. The van der Waals surface area contributed by atoms with Crippen molar-refractivity contribution in [3.8, 4) is 22.6 Å². The van der Waals surface area contributed by atoms with Crippen LogP contribution in [-0.4, -0.2) is 23.8 Å². The summed E-state index contributed by atoms with van der Waals surface area (Å²) >= 11 is 0. The topological polar surface area (TPSA) is 55.8 Å². The highest BCUT2D eigenvalue weighted by Gasteiger charge is 2.26. The number of hydrogen-bond acceptors (Lipinski definition) is 4. The van der Waals surface area contributed by atoms with Crippen molar-refractivity contribution in [1.29, 1.82) is 0 Å².